The van der Waals surface area contributed by atoms with Crippen molar-refractivity contribution in [3.05, 3.63) is 78.6 Å². The summed E-state index contributed by atoms with van der Waals surface area (Å²) in [6, 6.07) is 13.8. The van der Waals surface area contributed by atoms with E-state index in [1.807, 2.05) is 34.6 Å². The number of piperidine rings is 1. The van der Waals surface area contributed by atoms with Crippen molar-refractivity contribution < 1.29 is 4.39 Å². The van der Waals surface area contributed by atoms with Crippen LogP contribution in [0.1, 0.15) is 125 Å². The Hall–Kier alpha value is -2.99. The zero-order valence-electron chi connectivity index (χ0n) is 30.0. The molecular formula is C40H67FN2. The van der Waals surface area contributed by atoms with Gasteiger partial charge in [0.05, 0.1) is 0 Å². The molecule has 1 aliphatic heterocycles. The van der Waals surface area contributed by atoms with Gasteiger partial charge in [-0.2, -0.15) is 0 Å². The highest BCUT2D eigenvalue weighted by atomic mass is 19.1. The number of anilines is 2. The van der Waals surface area contributed by atoms with E-state index in [-0.39, 0.29) is 5.82 Å². The Morgan fingerprint density at radius 1 is 0.953 bits per heavy atom. The van der Waals surface area contributed by atoms with Crippen LogP contribution < -0.4 is 10.2 Å². The highest BCUT2D eigenvalue weighted by Gasteiger charge is 2.28. The lowest BCUT2D eigenvalue weighted by molar-refractivity contribution is 0.238. The summed E-state index contributed by atoms with van der Waals surface area (Å²) < 4.78 is 12.9. The van der Waals surface area contributed by atoms with E-state index >= 15 is 0 Å². The van der Waals surface area contributed by atoms with Gasteiger partial charge in [-0.15, -0.1) is 19.6 Å². The average Bonchev–Trinajstić information content (AvgIpc) is 3.06. The molecule has 0 saturated carbocycles. The highest BCUT2D eigenvalue weighted by molar-refractivity contribution is 5.66. The Labute approximate surface area is 268 Å². The molecule has 0 aromatic heterocycles. The van der Waals surface area contributed by atoms with Gasteiger partial charge in [-0.3, -0.25) is 0 Å². The molecule has 1 aliphatic rings. The standard InChI is InChI=1S/C16H26N2.C12H11F.C6H14.2C2H6.C2H4/c1-4-16(3)10-12-18(13-11-16)15-8-6-14(7-9-15)17-5-2;1-4-5-9(2)11-6-7-12(13)10(3)8-11;1-3-5-6-4-2;3*1-2/h6-9,17H,4-5,10-13H2,1-3H3;1,5-8H,2-3H3;3-6H2,1-2H3;2*1-2H3;1-2H2/b;9-5+;;;;. The lowest BCUT2D eigenvalue weighted by Gasteiger charge is -2.40. The average molecular weight is 595 g/mol. The smallest absolute Gasteiger partial charge is 0.126 e. The maximum absolute atomic E-state index is 12.9. The second-order valence-corrected chi connectivity index (χ2v) is 10.4. The number of nitrogens with one attached hydrogen (secondary N) is 1. The number of hydrogen-bond donors (Lipinski definition) is 1. The van der Waals surface area contributed by atoms with Crippen molar-refractivity contribution in [1.82, 2.24) is 0 Å². The molecule has 0 bridgehead atoms. The van der Waals surface area contributed by atoms with Crippen LogP contribution >= 0.6 is 0 Å². The molecule has 244 valence electrons. The van der Waals surface area contributed by atoms with Crippen molar-refractivity contribution in [2.24, 2.45) is 5.41 Å². The van der Waals surface area contributed by atoms with Gasteiger partial charge >= 0.3 is 0 Å². The summed E-state index contributed by atoms with van der Waals surface area (Å²) >= 11 is 0. The van der Waals surface area contributed by atoms with Crippen molar-refractivity contribution in [1.29, 1.82) is 0 Å². The molecular weight excluding hydrogens is 527 g/mol. The second kappa shape index (κ2) is 29.1. The number of allylic oxidation sites excluding steroid dienone is 2. The second-order valence-electron chi connectivity index (χ2n) is 10.4. The van der Waals surface area contributed by atoms with Crippen molar-refractivity contribution in [3.8, 4) is 12.3 Å². The Bertz CT molecular complexity index is 973. The maximum atomic E-state index is 12.9. The van der Waals surface area contributed by atoms with Gasteiger partial charge in [0.1, 0.15) is 5.82 Å². The number of terminal acetylenes is 1. The molecule has 3 rings (SSSR count). The van der Waals surface area contributed by atoms with Crippen molar-refractivity contribution in [3.63, 3.8) is 0 Å². The lowest BCUT2D eigenvalue weighted by Crippen LogP contribution is -2.38. The van der Waals surface area contributed by atoms with Gasteiger partial charge in [0.15, 0.2) is 0 Å². The van der Waals surface area contributed by atoms with E-state index in [0.717, 1.165) is 17.7 Å². The van der Waals surface area contributed by atoms with Gasteiger partial charge in [-0.05, 0) is 98.2 Å². The van der Waals surface area contributed by atoms with Gasteiger partial charge in [0, 0.05) is 31.0 Å². The van der Waals surface area contributed by atoms with E-state index in [0.29, 0.717) is 11.0 Å². The minimum Gasteiger partial charge on any atom is -0.385 e. The first-order valence-corrected chi connectivity index (χ1v) is 16.7. The van der Waals surface area contributed by atoms with Crippen molar-refractivity contribution >= 4 is 16.9 Å². The summed E-state index contributed by atoms with van der Waals surface area (Å²) in [5, 5.41) is 3.34. The van der Waals surface area contributed by atoms with E-state index < -0.39 is 0 Å². The molecule has 43 heavy (non-hydrogen) atoms. The summed E-state index contributed by atoms with van der Waals surface area (Å²) in [5.74, 6) is 2.26. The summed E-state index contributed by atoms with van der Waals surface area (Å²) in [7, 11) is 0. The van der Waals surface area contributed by atoms with Crippen LogP contribution in [-0.4, -0.2) is 19.6 Å². The van der Waals surface area contributed by atoms with E-state index in [1.54, 1.807) is 25.1 Å². The quantitative estimate of drug-likeness (QED) is 0.186. The Kier molecular flexibility index (Phi) is 30.1. The summed E-state index contributed by atoms with van der Waals surface area (Å²) in [4.78, 5) is 2.52. The molecule has 2 nitrogen and oxygen atoms in total. The molecule has 1 fully saturated rings. The minimum absolute atomic E-state index is 0.183. The third kappa shape index (κ3) is 19.8. The molecule has 0 spiro atoms. The fourth-order valence-electron chi connectivity index (χ4n) is 4.25. The molecule has 0 aliphatic carbocycles. The number of benzene rings is 2. The zero-order valence-corrected chi connectivity index (χ0v) is 30.0. The monoisotopic (exact) mass is 595 g/mol. The molecule has 1 N–H and O–H groups in total. The SMILES string of the molecule is C#C/C=C(\C)c1ccc(F)c(C)c1.C=C.CC.CC.CCCCCC.CCNc1ccc(N2CCC(C)(CC)CC2)cc1. The summed E-state index contributed by atoms with van der Waals surface area (Å²) in [6.45, 7) is 32.4. The lowest BCUT2D eigenvalue weighted by atomic mass is 9.78. The predicted octanol–water partition coefficient (Wildman–Crippen LogP) is 12.7. The molecule has 0 atom stereocenters. The number of halogens is 1. The van der Waals surface area contributed by atoms with Gasteiger partial charge < -0.3 is 10.2 Å². The summed E-state index contributed by atoms with van der Waals surface area (Å²) in [5.41, 5.74) is 5.75. The van der Waals surface area contributed by atoms with Gasteiger partial charge in [0.2, 0.25) is 0 Å². The van der Waals surface area contributed by atoms with Crippen LogP contribution in [-0.2, 0) is 0 Å². The largest absolute Gasteiger partial charge is 0.385 e. The molecule has 1 saturated heterocycles. The van der Waals surface area contributed by atoms with Crippen LogP contribution in [0.25, 0.3) is 5.57 Å². The molecule has 1 heterocycles. The Balaban J connectivity index is -0.000000561. The third-order valence-corrected chi connectivity index (χ3v) is 7.31. The van der Waals surface area contributed by atoms with E-state index in [9.17, 15) is 4.39 Å². The topological polar surface area (TPSA) is 15.3 Å². The maximum Gasteiger partial charge on any atom is 0.126 e. The number of nitrogens with zero attached hydrogens (tertiary/aromatic N) is 1. The van der Waals surface area contributed by atoms with E-state index in [4.69, 9.17) is 6.42 Å². The van der Waals surface area contributed by atoms with Crippen LogP contribution in [0.2, 0.25) is 0 Å². The number of rotatable bonds is 8. The van der Waals surface area contributed by atoms with Crippen molar-refractivity contribution in [2.75, 3.05) is 29.9 Å². The number of hydrogen-bond acceptors (Lipinski definition) is 2. The predicted molar refractivity (Wildman–Crippen MR) is 198 cm³/mol. The van der Waals surface area contributed by atoms with Crippen LogP contribution in [0, 0.1) is 30.5 Å². The first-order chi connectivity index (χ1) is 20.7. The van der Waals surface area contributed by atoms with Crippen LogP contribution in [0.15, 0.2) is 61.7 Å². The molecule has 0 unspecified atom stereocenters. The fourth-order valence-corrected chi connectivity index (χ4v) is 4.25. The van der Waals surface area contributed by atoms with Crippen LogP contribution in [0.5, 0.6) is 0 Å². The highest BCUT2D eigenvalue weighted by Crippen LogP contribution is 2.35. The Morgan fingerprint density at radius 3 is 1.86 bits per heavy atom. The number of aryl methyl sites for hydroxylation is 1. The zero-order chi connectivity index (χ0) is 33.7. The van der Waals surface area contributed by atoms with E-state index in [2.05, 4.69) is 88.2 Å². The fraction of sp³-hybridized carbons (Fsp3) is 0.550. The van der Waals surface area contributed by atoms with Gasteiger partial charge in [0.25, 0.3) is 0 Å². The summed E-state index contributed by atoms with van der Waals surface area (Å²) in [6.07, 6.45) is 16.3. The first-order valence-electron chi connectivity index (χ1n) is 16.7. The Morgan fingerprint density at radius 2 is 1.47 bits per heavy atom. The van der Waals surface area contributed by atoms with Crippen LogP contribution in [0.4, 0.5) is 15.8 Å². The van der Waals surface area contributed by atoms with Crippen LogP contribution in [0.3, 0.4) is 0 Å². The van der Waals surface area contributed by atoms with Gasteiger partial charge in [-0.1, -0.05) is 99.5 Å². The molecule has 0 radical (unpaired) electrons. The molecule has 3 heteroatoms. The van der Waals surface area contributed by atoms with Crippen molar-refractivity contribution in [2.45, 2.75) is 121 Å². The molecule has 2 aromatic carbocycles. The molecule has 0 amide bonds. The third-order valence-electron chi connectivity index (χ3n) is 7.31. The number of unbranched alkanes of at least 4 members (excludes halogenated alkanes) is 3. The van der Waals surface area contributed by atoms with Gasteiger partial charge in [-0.25, -0.2) is 4.39 Å². The minimum atomic E-state index is -0.183. The van der Waals surface area contributed by atoms with E-state index in [1.165, 1.54) is 75.5 Å². The molecule has 2 aromatic rings. The first kappa shape index (κ1) is 44.5. The normalized spacial score (nSPS) is 12.8.